The second-order valence-electron chi connectivity index (χ2n) is 1.42. The molecule has 0 amide bonds. The maximum absolute atomic E-state index is 2.41. The fraction of sp³-hybridized carbons (Fsp3) is 1.00. The number of fused-ring (bicyclic) bond motifs is 1. The van der Waals surface area contributed by atoms with E-state index >= 15 is 0 Å². The molecular weight excluding hydrogens is 114 g/mol. The van der Waals surface area contributed by atoms with E-state index in [1.807, 2.05) is 11.9 Å². The molecule has 2 atom stereocenters. The number of hydrogen-bond acceptors (Lipinski definition) is 3. The molecule has 0 bridgehead atoms. The van der Waals surface area contributed by atoms with Crippen LogP contribution in [0.2, 0.25) is 0 Å². The zero-order valence-electron chi connectivity index (χ0n) is 3.26. The van der Waals surface area contributed by atoms with Crippen molar-refractivity contribution in [2.45, 2.75) is 4.71 Å². The summed E-state index contributed by atoms with van der Waals surface area (Å²) in [7, 11) is 0. The molecule has 0 aromatic carbocycles. The van der Waals surface area contributed by atoms with E-state index in [2.05, 4.69) is 16.1 Å². The maximum Gasteiger partial charge on any atom is 0.126 e. The Labute approximate surface area is 45.6 Å². The van der Waals surface area contributed by atoms with Crippen molar-refractivity contribution in [2.24, 2.45) is 0 Å². The van der Waals surface area contributed by atoms with Gasteiger partial charge >= 0.3 is 0 Å². The summed E-state index contributed by atoms with van der Waals surface area (Å²) < 4.78 is 3.29. The van der Waals surface area contributed by atoms with Crippen LogP contribution in [0.15, 0.2) is 0 Å². The van der Waals surface area contributed by atoms with Crippen molar-refractivity contribution < 1.29 is 0 Å². The Hall–Kier alpha value is 0.660. The van der Waals surface area contributed by atoms with Gasteiger partial charge in [0.15, 0.2) is 0 Å². The van der Waals surface area contributed by atoms with Crippen molar-refractivity contribution >= 4 is 23.7 Å². The summed E-state index contributed by atoms with van der Waals surface area (Å²) in [5.41, 5.74) is 0. The minimum absolute atomic E-state index is 0.880. The van der Waals surface area contributed by atoms with Crippen LogP contribution in [-0.2, 0) is 0 Å². The van der Waals surface area contributed by atoms with Gasteiger partial charge in [-0.2, -0.15) is 0 Å². The van der Waals surface area contributed by atoms with Crippen LogP contribution >= 0.6 is 23.7 Å². The van der Waals surface area contributed by atoms with Gasteiger partial charge in [-0.05, 0) is 11.9 Å². The quantitative estimate of drug-likeness (QED) is 0.345. The Morgan fingerprint density at radius 2 is 2.67 bits per heavy atom. The standard InChI is InChI=1S/C3H5NS2/c1-2-5-3-4(1)6-3/h3H,1-2H2. The molecule has 0 spiro atoms. The van der Waals surface area contributed by atoms with Gasteiger partial charge in [-0.3, -0.25) is 0 Å². The number of thioether (sulfide) groups is 1. The van der Waals surface area contributed by atoms with Gasteiger partial charge < -0.3 is 0 Å². The van der Waals surface area contributed by atoms with Crippen molar-refractivity contribution in [3.05, 3.63) is 0 Å². The number of nitrogens with zero attached hydrogens (tertiary/aromatic N) is 1. The molecule has 3 heteroatoms. The molecule has 2 saturated heterocycles. The highest BCUT2D eigenvalue weighted by Gasteiger charge is 2.40. The summed E-state index contributed by atoms with van der Waals surface area (Å²) in [4.78, 5) is 0. The second kappa shape index (κ2) is 1.08. The highest BCUT2D eigenvalue weighted by atomic mass is 32.2. The fourth-order valence-corrected chi connectivity index (χ4v) is 3.02. The van der Waals surface area contributed by atoms with E-state index in [0.717, 1.165) is 4.71 Å². The summed E-state index contributed by atoms with van der Waals surface area (Å²) in [5, 5.41) is 0. The molecule has 0 aliphatic carbocycles. The van der Waals surface area contributed by atoms with Crippen molar-refractivity contribution in [1.29, 1.82) is 0 Å². The van der Waals surface area contributed by atoms with Crippen molar-refractivity contribution in [3.63, 3.8) is 0 Å². The molecule has 2 aliphatic rings. The van der Waals surface area contributed by atoms with E-state index in [0.29, 0.717) is 0 Å². The Bertz CT molecular complexity index is 67.2. The van der Waals surface area contributed by atoms with Gasteiger partial charge in [0, 0.05) is 12.3 Å². The predicted octanol–water partition coefficient (Wildman–Crippen LogP) is 0.981. The average Bonchev–Trinajstić information content (AvgIpc) is 2.17. The van der Waals surface area contributed by atoms with Gasteiger partial charge in [0.05, 0.1) is 0 Å². The monoisotopic (exact) mass is 119 g/mol. The highest BCUT2D eigenvalue weighted by Crippen LogP contribution is 2.51. The van der Waals surface area contributed by atoms with E-state index in [1.54, 1.807) is 0 Å². The van der Waals surface area contributed by atoms with Crippen molar-refractivity contribution in [1.82, 2.24) is 4.31 Å². The van der Waals surface area contributed by atoms with Gasteiger partial charge in [0.25, 0.3) is 0 Å². The van der Waals surface area contributed by atoms with Gasteiger partial charge in [0.2, 0.25) is 0 Å². The SMILES string of the molecule is C1CN2SC2S1. The van der Waals surface area contributed by atoms with Gasteiger partial charge in [0.1, 0.15) is 4.71 Å². The van der Waals surface area contributed by atoms with Crippen LogP contribution in [0.25, 0.3) is 0 Å². The summed E-state index contributed by atoms with van der Waals surface area (Å²) in [6.45, 7) is 1.32. The van der Waals surface area contributed by atoms with Crippen LogP contribution in [0.5, 0.6) is 0 Å². The maximum atomic E-state index is 2.41. The average molecular weight is 119 g/mol. The van der Waals surface area contributed by atoms with Gasteiger partial charge in [-0.25, -0.2) is 4.31 Å². The van der Waals surface area contributed by atoms with Crippen LogP contribution in [0.3, 0.4) is 0 Å². The lowest BCUT2D eigenvalue weighted by Crippen LogP contribution is -1.90. The largest absolute Gasteiger partial charge is 0.224 e. The summed E-state index contributed by atoms with van der Waals surface area (Å²) >= 11 is 4.03. The molecule has 0 saturated carbocycles. The minimum Gasteiger partial charge on any atom is -0.224 e. The summed E-state index contributed by atoms with van der Waals surface area (Å²) in [6, 6.07) is 0. The Morgan fingerprint density at radius 3 is 2.83 bits per heavy atom. The lowest BCUT2D eigenvalue weighted by Gasteiger charge is -1.80. The topological polar surface area (TPSA) is 3.01 Å². The smallest absolute Gasteiger partial charge is 0.126 e. The Kier molecular flexibility index (Phi) is 0.655. The molecule has 2 rings (SSSR count). The van der Waals surface area contributed by atoms with E-state index in [-0.39, 0.29) is 0 Å². The molecule has 1 nitrogen and oxygen atoms in total. The molecule has 0 aromatic rings. The molecular formula is C3H5NS2. The third-order valence-electron chi connectivity index (χ3n) is 0.987. The van der Waals surface area contributed by atoms with E-state index < -0.39 is 0 Å². The molecule has 2 fully saturated rings. The number of rotatable bonds is 0. The molecule has 34 valence electrons. The predicted molar refractivity (Wildman–Crippen MR) is 30.5 cm³/mol. The van der Waals surface area contributed by atoms with E-state index in [1.165, 1.54) is 12.3 Å². The van der Waals surface area contributed by atoms with Crippen LogP contribution in [0.4, 0.5) is 0 Å². The molecule has 0 aromatic heterocycles. The minimum atomic E-state index is 0.880. The zero-order valence-corrected chi connectivity index (χ0v) is 4.89. The third-order valence-corrected chi connectivity index (χ3v) is 3.63. The first-order chi connectivity index (χ1) is 2.97. The first-order valence-corrected chi connectivity index (χ1v) is 3.90. The van der Waals surface area contributed by atoms with E-state index in [4.69, 9.17) is 0 Å². The van der Waals surface area contributed by atoms with Crippen LogP contribution in [0, 0.1) is 0 Å². The summed E-state index contributed by atoms with van der Waals surface area (Å²) in [6.07, 6.45) is 0. The van der Waals surface area contributed by atoms with E-state index in [9.17, 15) is 0 Å². The first kappa shape index (κ1) is 3.64. The van der Waals surface area contributed by atoms with Crippen LogP contribution < -0.4 is 0 Å². The Morgan fingerprint density at radius 1 is 1.67 bits per heavy atom. The van der Waals surface area contributed by atoms with Crippen LogP contribution in [-0.4, -0.2) is 21.3 Å². The zero-order chi connectivity index (χ0) is 3.98. The third kappa shape index (κ3) is 0.389. The normalized spacial score (nSPS) is 52.0. The molecule has 2 heterocycles. The summed E-state index contributed by atoms with van der Waals surface area (Å²) in [5.74, 6) is 1.36. The van der Waals surface area contributed by atoms with Crippen LogP contribution in [0.1, 0.15) is 0 Å². The number of hydrogen-bond donors (Lipinski definition) is 0. The Balaban J connectivity index is 2.09. The van der Waals surface area contributed by atoms with Gasteiger partial charge in [-0.15, -0.1) is 11.8 Å². The van der Waals surface area contributed by atoms with Gasteiger partial charge in [-0.1, -0.05) is 0 Å². The van der Waals surface area contributed by atoms with Crippen molar-refractivity contribution in [2.75, 3.05) is 12.3 Å². The molecule has 0 N–H and O–H groups in total. The fourth-order valence-electron chi connectivity index (χ4n) is 0.604. The molecule has 6 heavy (non-hydrogen) atoms. The first-order valence-electron chi connectivity index (χ1n) is 2.02. The lowest BCUT2D eigenvalue weighted by atomic mass is 10.8. The molecule has 2 unspecified atom stereocenters. The molecule has 2 aliphatic heterocycles. The lowest BCUT2D eigenvalue weighted by molar-refractivity contribution is 0.679. The molecule has 0 radical (unpaired) electrons. The second-order valence-corrected chi connectivity index (χ2v) is 4.04. The van der Waals surface area contributed by atoms with Crippen molar-refractivity contribution in [3.8, 4) is 0 Å². The highest BCUT2D eigenvalue weighted by molar-refractivity contribution is 8.22.